The van der Waals surface area contributed by atoms with Gasteiger partial charge in [-0.05, 0) is 72.7 Å². The third-order valence-corrected chi connectivity index (χ3v) is 11.1. The Balaban J connectivity index is 1.17. The van der Waals surface area contributed by atoms with Crippen LogP contribution in [-0.4, -0.2) is 66.7 Å². The van der Waals surface area contributed by atoms with E-state index in [0.717, 1.165) is 50.0 Å². The van der Waals surface area contributed by atoms with Gasteiger partial charge in [0.2, 0.25) is 0 Å². The van der Waals surface area contributed by atoms with Gasteiger partial charge in [0.15, 0.2) is 0 Å². The second-order valence-corrected chi connectivity index (χ2v) is 14.9. The molecule has 6 rings (SSSR count). The molecule has 0 saturated carbocycles. The number of carbonyl (C=O) groups is 1. The number of nitrogens with zero attached hydrogens (tertiary/aromatic N) is 4. The predicted molar refractivity (Wildman–Crippen MR) is 208 cm³/mol. The minimum atomic E-state index is -4.17. The molecule has 1 aliphatic heterocycles. The van der Waals surface area contributed by atoms with E-state index in [1.54, 1.807) is 13.0 Å². The lowest BCUT2D eigenvalue weighted by Gasteiger charge is -2.31. The van der Waals surface area contributed by atoms with Crippen LogP contribution in [0, 0.1) is 13.8 Å². The molecule has 0 aliphatic carbocycles. The van der Waals surface area contributed by atoms with Crippen molar-refractivity contribution in [2.24, 2.45) is 0 Å². The van der Waals surface area contributed by atoms with Crippen molar-refractivity contribution in [3.05, 3.63) is 142 Å². The molecule has 12 nitrogen and oxygen atoms in total. The Morgan fingerprint density at radius 3 is 2.29 bits per heavy atom. The molecule has 0 bridgehead atoms. The zero-order valence-corrected chi connectivity index (χ0v) is 32.5. The molecule has 4 aromatic carbocycles. The maximum atomic E-state index is 13.4. The second kappa shape index (κ2) is 18.5. The zero-order chi connectivity index (χ0) is 38.8. The van der Waals surface area contributed by atoms with Crippen molar-refractivity contribution < 1.29 is 36.3 Å². The van der Waals surface area contributed by atoms with Crippen LogP contribution in [0.4, 0.5) is 0 Å². The number of benzene rings is 4. The number of carbonyl (C=O) groups excluding carboxylic acids is 1. The van der Waals surface area contributed by atoms with Crippen molar-refractivity contribution in [2.45, 2.75) is 65.8 Å². The fourth-order valence-electron chi connectivity index (χ4n) is 6.74. The van der Waals surface area contributed by atoms with Crippen molar-refractivity contribution >= 4 is 27.3 Å². The standard InChI is InChI=1S/C42H48N4O8S/c1-5-52-40(47)27-38(36-18-19-39-42(31(36)3)43-44-45(39)22-23-50-24-25-51-28-33-12-8-6-9-13-33)35-17-16-30(2)37(26-35)32(4)46-21-20-41(54-55(46,48)49)53-29-34-14-10-7-11-15-34/h6-20,26,32,38H,5,21-25,27-29H2,1-4H3/t32-,38?/m1/s1. The predicted octanol–water partition coefficient (Wildman–Crippen LogP) is 7.06. The van der Waals surface area contributed by atoms with Gasteiger partial charge in [-0.15, -0.1) is 5.10 Å². The Bertz CT molecular complexity index is 2190. The van der Waals surface area contributed by atoms with E-state index in [2.05, 4.69) is 10.3 Å². The molecule has 2 atom stereocenters. The molecule has 5 aromatic rings. The fourth-order valence-corrected chi connectivity index (χ4v) is 7.92. The monoisotopic (exact) mass is 768 g/mol. The van der Waals surface area contributed by atoms with Gasteiger partial charge in [-0.2, -0.15) is 12.7 Å². The van der Waals surface area contributed by atoms with Crippen LogP contribution < -0.4 is 0 Å². The first-order valence-corrected chi connectivity index (χ1v) is 19.9. The maximum Gasteiger partial charge on any atom is 0.388 e. The smallest absolute Gasteiger partial charge is 0.388 e. The highest BCUT2D eigenvalue weighted by atomic mass is 32.2. The van der Waals surface area contributed by atoms with Gasteiger partial charge in [0.05, 0.1) is 57.6 Å². The van der Waals surface area contributed by atoms with Gasteiger partial charge in [0, 0.05) is 18.5 Å². The molecular formula is C42H48N4O8S. The van der Waals surface area contributed by atoms with Crippen LogP contribution in [0.5, 0.6) is 0 Å². The number of ether oxygens (including phenoxy) is 4. The third kappa shape index (κ3) is 9.97. The summed E-state index contributed by atoms with van der Waals surface area (Å²) >= 11 is 0. The summed E-state index contributed by atoms with van der Waals surface area (Å²) in [5, 5.41) is 8.94. The first kappa shape index (κ1) is 39.6. The van der Waals surface area contributed by atoms with Gasteiger partial charge < -0.3 is 23.1 Å². The lowest BCUT2D eigenvalue weighted by Crippen LogP contribution is -2.38. The van der Waals surface area contributed by atoms with E-state index >= 15 is 0 Å². The van der Waals surface area contributed by atoms with Gasteiger partial charge in [-0.3, -0.25) is 4.79 Å². The first-order chi connectivity index (χ1) is 26.6. The van der Waals surface area contributed by atoms with E-state index in [0.29, 0.717) is 33.0 Å². The topological polar surface area (TPSA) is 131 Å². The molecule has 0 spiro atoms. The minimum absolute atomic E-state index is 0.0493. The lowest BCUT2D eigenvalue weighted by atomic mass is 9.83. The molecule has 1 aromatic heterocycles. The molecule has 1 unspecified atom stereocenters. The number of aromatic nitrogens is 3. The van der Waals surface area contributed by atoms with Crippen LogP contribution in [-0.2, 0) is 58.0 Å². The quantitative estimate of drug-likeness (QED) is 0.0675. The lowest BCUT2D eigenvalue weighted by molar-refractivity contribution is -0.143. The number of hydrogen-bond acceptors (Lipinski definition) is 10. The summed E-state index contributed by atoms with van der Waals surface area (Å²) in [6, 6.07) is 28.8. The Morgan fingerprint density at radius 1 is 0.873 bits per heavy atom. The highest BCUT2D eigenvalue weighted by molar-refractivity contribution is 7.84. The summed E-state index contributed by atoms with van der Waals surface area (Å²) in [7, 11) is -4.17. The molecule has 1 aliphatic rings. The SMILES string of the molecule is CCOC(=O)CC(c1ccc(C)c([C@@H](C)N2CC=C(OCc3ccccc3)OS2(=O)=O)c1)c1ccc2c(nnn2CCOCCOCc2ccccc2)c1C. The molecular weight excluding hydrogens is 721 g/mol. The minimum Gasteiger partial charge on any atom is -0.466 e. The van der Waals surface area contributed by atoms with E-state index in [9.17, 15) is 13.2 Å². The number of aryl methyl sites for hydroxylation is 2. The van der Waals surface area contributed by atoms with Crippen LogP contribution in [0.25, 0.3) is 11.0 Å². The molecule has 0 N–H and O–H groups in total. The van der Waals surface area contributed by atoms with Crippen molar-refractivity contribution in [3.63, 3.8) is 0 Å². The number of hydrogen-bond donors (Lipinski definition) is 0. The average molecular weight is 769 g/mol. The van der Waals surface area contributed by atoms with Crippen LogP contribution in [0.2, 0.25) is 0 Å². The van der Waals surface area contributed by atoms with E-state index in [1.807, 2.05) is 116 Å². The molecule has 13 heteroatoms. The van der Waals surface area contributed by atoms with Crippen molar-refractivity contribution in [3.8, 4) is 0 Å². The van der Waals surface area contributed by atoms with E-state index in [-0.39, 0.29) is 38.1 Å². The highest BCUT2D eigenvalue weighted by Crippen LogP contribution is 2.37. The van der Waals surface area contributed by atoms with Gasteiger partial charge in [0.1, 0.15) is 12.1 Å². The number of esters is 1. The first-order valence-electron chi connectivity index (χ1n) is 18.5. The Morgan fingerprint density at radius 2 is 1.58 bits per heavy atom. The Kier molecular flexibility index (Phi) is 13.3. The zero-order valence-electron chi connectivity index (χ0n) is 31.7. The Labute approximate surface area is 322 Å². The maximum absolute atomic E-state index is 13.4. The van der Waals surface area contributed by atoms with Crippen LogP contribution >= 0.6 is 0 Å². The molecule has 0 fully saturated rings. The summed E-state index contributed by atoms with van der Waals surface area (Å²) in [5.41, 5.74) is 7.92. The molecule has 0 amide bonds. The fraction of sp³-hybridized carbons (Fsp3) is 0.357. The summed E-state index contributed by atoms with van der Waals surface area (Å²) in [4.78, 5) is 13.1. The van der Waals surface area contributed by atoms with Gasteiger partial charge in [-0.25, -0.2) is 4.68 Å². The summed E-state index contributed by atoms with van der Waals surface area (Å²) < 4.78 is 58.0. The Hall–Kier alpha value is -5.08. The van der Waals surface area contributed by atoms with Crippen LogP contribution in [0.1, 0.15) is 71.2 Å². The van der Waals surface area contributed by atoms with Crippen molar-refractivity contribution in [1.82, 2.24) is 19.3 Å². The highest BCUT2D eigenvalue weighted by Gasteiger charge is 2.35. The van der Waals surface area contributed by atoms with E-state index in [1.165, 1.54) is 4.31 Å². The van der Waals surface area contributed by atoms with E-state index in [4.69, 9.17) is 23.1 Å². The molecule has 0 radical (unpaired) electrons. The summed E-state index contributed by atoms with van der Waals surface area (Å²) in [6.45, 7) is 10.5. The van der Waals surface area contributed by atoms with Crippen LogP contribution in [0.3, 0.4) is 0 Å². The third-order valence-electron chi connectivity index (χ3n) is 9.69. The van der Waals surface area contributed by atoms with E-state index < -0.39 is 22.3 Å². The number of fused-ring (bicyclic) bond motifs is 1. The largest absolute Gasteiger partial charge is 0.466 e. The molecule has 55 heavy (non-hydrogen) atoms. The number of rotatable bonds is 18. The molecule has 2 heterocycles. The average Bonchev–Trinajstić information content (AvgIpc) is 3.60. The molecule has 290 valence electrons. The summed E-state index contributed by atoms with van der Waals surface area (Å²) in [5.74, 6) is -0.783. The van der Waals surface area contributed by atoms with Gasteiger partial charge in [0.25, 0.3) is 5.95 Å². The second-order valence-electron chi connectivity index (χ2n) is 13.4. The molecule has 0 saturated heterocycles. The van der Waals surface area contributed by atoms with Gasteiger partial charge >= 0.3 is 16.3 Å². The van der Waals surface area contributed by atoms with Crippen molar-refractivity contribution in [2.75, 3.05) is 33.0 Å². The van der Waals surface area contributed by atoms with Crippen molar-refractivity contribution in [1.29, 1.82) is 0 Å². The summed E-state index contributed by atoms with van der Waals surface area (Å²) in [6.07, 6.45) is 1.71. The van der Waals surface area contributed by atoms with Crippen LogP contribution in [0.15, 0.2) is 103 Å². The van der Waals surface area contributed by atoms with Gasteiger partial charge in [-0.1, -0.05) is 90.1 Å². The normalized spacial score (nSPS) is 15.2.